The van der Waals surface area contributed by atoms with Crippen molar-refractivity contribution in [2.24, 2.45) is 5.92 Å². The van der Waals surface area contributed by atoms with Crippen LogP contribution >= 0.6 is 11.3 Å². The molecule has 1 saturated carbocycles. The lowest BCUT2D eigenvalue weighted by Crippen LogP contribution is -2.32. The second-order valence-electron chi connectivity index (χ2n) is 4.47. The van der Waals surface area contributed by atoms with E-state index in [-0.39, 0.29) is 0 Å². The maximum atomic E-state index is 3.63. The largest absolute Gasteiger partial charge is 0.314 e. The van der Waals surface area contributed by atoms with Gasteiger partial charge in [0, 0.05) is 10.9 Å². The molecule has 15 heavy (non-hydrogen) atoms. The average molecular weight is 223 g/mol. The van der Waals surface area contributed by atoms with Crippen molar-refractivity contribution < 1.29 is 0 Å². The van der Waals surface area contributed by atoms with Crippen molar-refractivity contribution in [3.05, 3.63) is 22.4 Å². The van der Waals surface area contributed by atoms with E-state index >= 15 is 0 Å². The van der Waals surface area contributed by atoms with Crippen LogP contribution < -0.4 is 5.32 Å². The molecule has 1 heterocycles. The summed E-state index contributed by atoms with van der Waals surface area (Å²) in [4.78, 5) is 1.55. The van der Waals surface area contributed by atoms with E-state index in [0.29, 0.717) is 0 Å². The second-order valence-corrected chi connectivity index (χ2v) is 5.51. The molecule has 1 aromatic rings. The minimum atomic E-state index is 0.801. The molecule has 2 atom stereocenters. The zero-order valence-corrected chi connectivity index (χ0v) is 10.4. The van der Waals surface area contributed by atoms with Gasteiger partial charge in [-0.2, -0.15) is 0 Å². The Hall–Kier alpha value is -0.340. The Kier molecular flexibility index (Phi) is 4.21. The molecular weight excluding hydrogens is 202 g/mol. The number of nitrogens with one attached hydrogen (secondary N) is 1. The molecular formula is C13H21NS. The highest BCUT2D eigenvalue weighted by molar-refractivity contribution is 7.09. The Bertz CT molecular complexity index is 268. The fourth-order valence-corrected chi connectivity index (χ4v) is 3.42. The smallest absolute Gasteiger partial charge is 0.00953 e. The van der Waals surface area contributed by atoms with Gasteiger partial charge in [-0.3, -0.25) is 0 Å². The monoisotopic (exact) mass is 223 g/mol. The number of hydrogen-bond donors (Lipinski definition) is 1. The minimum absolute atomic E-state index is 0.801. The second kappa shape index (κ2) is 5.66. The third-order valence-electron chi connectivity index (χ3n) is 3.47. The molecule has 0 amide bonds. The van der Waals surface area contributed by atoms with Crippen molar-refractivity contribution in [3.8, 4) is 0 Å². The summed E-state index contributed by atoms with van der Waals surface area (Å²) in [6, 6.07) is 5.23. The Morgan fingerprint density at radius 3 is 3.13 bits per heavy atom. The van der Waals surface area contributed by atoms with E-state index in [2.05, 4.69) is 29.8 Å². The first-order valence-corrected chi connectivity index (χ1v) is 7.04. The first-order chi connectivity index (χ1) is 7.40. The minimum Gasteiger partial charge on any atom is -0.314 e. The van der Waals surface area contributed by atoms with Gasteiger partial charge in [0.2, 0.25) is 0 Å². The lowest BCUT2D eigenvalue weighted by molar-refractivity contribution is 0.387. The first-order valence-electron chi connectivity index (χ1n) is 6.16. The Balaban J connectivity index is 1.78. The van der Waals surface area contributed by atoms with Gasteiger partial charge in [-0.1, -0.05) is 19.4 Å². The van der Waals surface area contributed by atoms with Gasteiger partial charge in [0.05, 0.1) is 0 Å². The summed E-state index contributed by atoms with van der Waals surface area (Å²) in [5.41, 5.74) is 0. The van der Waals surface area contributed by atoms with Crippen LogP contribution in [0.5, 0.6) is 0 Å². The fraction of sp³-hybridized carbons (Fsp3) is 0.692. The van der Waals surface area contributed by atoms with E-state index in [1.165, 1.54) is 32.1 Å². The third kappa shape index (κ3) is 3.05. The summed E-state index contributed by atoms with van der Waals surface area (Å²) in [5.74, 6) is 0.923. The predicted octanol–water partition coefficient (Wildman–Crippen LogP) is 3.46. The summed E-state index contributed by atoms with van der Waals surface area (Å²) >= 11 is 1.90. The zero-order chi connectivity index (χ0) is 10.5. The van der Waals surface area contributed by atoms with E-state index in [0.717, 1.165) is 18.5 Å². The van der Waals surface area contributed by atoms with E-state index in [9.17, 15) is 0 Å². The summed E-state index contributed by atoms with van der Waals surface area (Å²) in [7, 11) is 0. The number of aryl methyl sites for hydroxylation is 1. The zero-order valence-electron chi connectivity index (χ0n) is 9.54. The molecule has 1 aliphatic carbocycles. The van der Waals surface area contributed by atoms with Crippen LogP contribution in [0.1, 0.15) is 37.5 Å². The molecule has 2 heteroatoms. The van der Waals surface area contributed by atoms with E-state index in [1.807, 2.05) is 11.3 Å². The molecule has 0 spiro atoms. The SMILES string of the molecule is CCNC1CCCC1CCc1cccs1. The molecule has 1 aliphatic rings. The van der Waals surface area contributed by atoms with Gasteiger partial charge in [-0.15, -0.1) is 11.3 Å². The van der Waals surface area contributed by atoms with Crippen LogP contribution in [0.3, 0.4) is 0 Å². The molecule has 1 fully saturated rings. The average Bonchev–Trinajstić information content (AvgIpc) is 2.85. The molecule has 1 nitrogen and oxygen atoms in total. The lowest BCUT2D eigenvalue weighted by atomic mass is 9.97. The van der Waals surface area contributed by atoms with Crippen LogP contribution in [-0.2, 0) is 6.42 Å². The Labute approximate surface area is 96.9 Å². The molecule has 0 aliphatic heterocycles. The quantitative estimate of drug-likeness (QED) is 0.806. The Morgan fingerprint density at radius 2 is 2.40 bits per heavy atom. The molecule has 2 unspecified atom stereocenters. The highest BCUT2D eigenvalue weighted by atomic mass is 32.1. The fourth-order valence-electron chi connectivity index (χ4n) is 2.70. The summed E-state index contributed by atoms with van der Waals surface area (Å²) in [5, 5.41) is 5.81. The Morgan fingerprint density at radius 1 is 1.47 bits per heavy atom. The van der Waals surface area contributed by atoms with Crippen molar-refractivity contribution in [2.45, 2.75) is 45.1 Å². The maximum absolute atomic E-state index is 3.63. The molecule has 1 N–H and O–H groups in total. The standard InChI is InChI=1S/C13H21NS/c1-2-14-13-7-3-5-11(13)8-9-12-6-4-10-15-12/h4,6,10-11,13-14H,2-3,5,7-9H2,1H3. The summed E-state index contributed by atoms with van der Waals surface area (Å²) < 4.78 is 0. The van der Waals surface area contributed by atoms with Gasteiger partial charge in [-0.05, 0) is 49.6 Å². The summed E-state index contributed by atoms with van der Waals surface area (Å²) in [6.45, 7) is 3.34. The van der Waals surface area contributed by atoms with Gasteiger partial charge in [-0.25, -0.2) is 0 Å². The molecule has 84 valence electrons. The maximum Gasteiger partial charge on any atom is 0.00953 e. The van der Waals surface area contributed by atoms with Crippen LogP contribution in [0.15, 0.2) is 17.5 Å². The van der Waals surface area contributed by atoms with Crippen LogP contribution in [0, 0.1) is 5.92 Å². The predicted molar refractivity (Wildman–Crippen MR) is 67.4 cm³/mol. The molecule has 0 radical (unpaired) electrons. The van der Waals surface area contributed by atoms with Gasteiger partial charge < -0.3 is 5.32 Å². The lowest BCUT2D eigenvalue weighted by Gasteiger charge is -2.19. The highest BCUT2D eigenvalue weighted by Crippen LogP contribution is 2.30. The van der Waals surface area contributed by atoms with Crippen LogP contribution in [0.4, 0.5) is 0 Å². The topological polar surface area (TPSA) is 12.0 Å². The van der Waals surface area contributed by atoms with Crippen LogP contribution in [0.25, 0.3) is 0 Å². The van der Waals surface area contributed by atoms with Crippen LogP contribution in [-0.4, -0.2) is 12.6 Å². The molecule has 2 rings (SSSR count). The van der Waals surface area contributed by atoms with Crippen LogP contribution in [0.2, 0.25) is 0 Å². The van der Waals surface area contributed by atoms with E-state index in [1.54, 1.807) is 4.88 Å². The summed E-state index contributed by atoms with van der Waals surface area (Å²) in [6.07, 6.45) is 6.90. The molecule has 1 aromatic heterocycles. The number of thiophene rings is 1. The highest BCUT2D eigenvalue weighted by Gasteiger charge is 2.25. The normalized spacial score (nSPS) is 25.9. The molecule has 0 saturated heterocycles. The van der Waals surface area contributed by atoms with Crippen molar-refractivity contribution >= 4 is 11.3 Å². The van der Waals surface area contributed by atoms with Crippen molar-refractivity contribution in [1.29, 1.82) is 0 Å². The van der Waals surface area contributed by atoms with Gasteiger partial charge in [0.15, 0.2) is 0 Å². The van der Waals surface area contributed by atoms with E-state index in [4.69, 9.17) is 0 Å². The van der Waals surface area contributed by atoms with E-state index < -0.39 is 0 Å². The van der Waals surface area contributed by atoms with Gasteiger partial charge >= 0.3 is 0 Å². The van der Waals surface area contributed by atoms with Crippen molar-refractivity contribution in [2.75, 3.05) is 6.54 Å². The number of rotatable bonds is 5. The first kappa shape index (κ1) is 11.2. The molecule has 0 bridgehead atoms. The molecule has 0 aromatic carbocycles. The van der Waals surface area contributed by atoms with Gasteiger partial charge in [0.25, 0.3) is 0 Å². The van der Waals surface area contributed by atoms with Crippen molar-refractivity contribution in [3.63, 3.8) is 0 Å². The van der Waals surface area contributed by atoms with Crippen molar-refractivity contribution in [1.82, 2.24) is 5.32 Å². The van der Waals surface area contributed by atoms with Gasteiger partial charge in [0.1, 0.15) is 0 Å². The third-order valence-corrected chi connectivity index (χ3v) is 4.40. The number of hydrogen-bond acceptors (Lipinski definition) is 2.